The van der Waals surface area contributed by atoms with Gasteiger partial charge in [0.05, 0.1) is 19.8 Å². The van der Waals surface area contributed by atoms with Gasteiger partial charge in [0.2, 0.25) is 0 Å². The van der Waals surface area contributed by atoms with Gasteiger partial charge in [-0.05, 0) is 0 Å². The van der Waals surface area contributed by atoms with Crippen molar-refractivity contribution >= 4 is 0 Å². The third-order valence-corrected chi connectivity index (χ3v) is 3.22. The Morgan fingerprint density at radius 2 is 2.19 bits per heavy atom. The highest BCUT2D eigenvalue weighted by molar-refractivity contribution is 4.93. The van der Waals surface area contributed by atoms with Crippen LogP contribution in [-0.4, -0.2) is 65.0 Å². The van der Waals surface area contributed by atoms with E-state index in [1.807, 2.05) is 0 Å². The minimum Gasteiger partial charge on any atom is -0.394 e. The van der Waals surface area contributed by atoms with E-state index in [9.17, 15) is 19.8 Å². The smallest absolute Gasteiger partial charge is 0.330 e. The average Bonchev–Trinajstić information content (AvgIpc) is 2.76. The summed E-state index contributed by atoms with van der Waals surface area (Å²) >= 11 is 0. The molecule has 9 heteroatoms. The Hall–Kier alpha value is -1.52. The Morgan fingerprint density at radius 3 is 2.81 bits per heavy atom. The van der Waals surface area contributed by atoms with Crippen molar-refractivity contribution in [2.45, 2.75) is 24.5 Å². The molecule has 3 N–H and O–H groups in total. The van der Waals surface area contributed by atoms with Gasteiger partial charge >= 0.3 is 5.69 Å². The molecule has 4 atom stereocenters. The molecule has 0 bridgehead atoms. The molecule has 21 heavy (non-hydrogen) atoms. The normalized spacial score (nSPS) is 28.9. The summed E-state index contributed by atoms with van der Waals surface area (Å²) in [4.78, 5) is 25.0. The van der Waals surface area contributed by atoms with Crippen molar-refractivity contribution in [3.63, 3.8) is 0 Å². The minimum absolute atomic E-state index is 0.189. The second-order valence-electron chi connectivity index (χ2n) is 4.58. The highest BCUT2D eigenvalue weighted by Crippen LogP contribution is 2.30. The Morgan fingerprint density at radius 1 is 1.43 bits per heavy atom. The first-order valence-electron chi connectivity index (χ1n) is 6.45. The third kappa shape index (κ3) is 3.39. The molecule has 2 unspecified atom stereocenters. The quantitative estimate of drug-likeness (QED) is 0.510. The van der Waals surface area contributed by atoms with Gasteiger partial charge in [0.15, 0.2) is 6.23 Å². The highest BCUT2D eigenvalue weighted by Gasteiger charge is 2.45. The van der Waals surface area contributed by atoms with Crippen LogP contribution in [-0.2, 0) is 14.2 Å². The van der Waals surface area contributed by atoms with Gasteiger partial charge in [-0.25, -0.2) is 4.79 Å². The summed E-state index contributed by atoms with van der Waals surface area (Å²) in [7, 11) is 1.51. The molecule has 1 aliphatic rings. The lowest BCUT2D eigenvalue weighted by Crippen LogP contribution is -2.39. The van der Waals surface area contributed by atoms with Crippen LogP contribution >= 0.6 is 0 Å². The monoisotopic (exact) mass is 302 g/mol. The Kier molecular flexibility index (Phi) is 5.26. The maximum absolute atomic E-state index is 11.8. The zero-order valence-electron chi connectivity index (χ0n) is 11.5. The van der Waals surface area contributed by atoms with Gasteiger partial charge in [-0.2, -0.15) is 0 Å². The van der Waals surface area contributed by atoms with Crippen molar-refractivity contribution in [2.24, 2.45) is 0 Å². The molecule has 2 rings (SSSR count). The molecule has 1 aromatic heterocycles. The van der Waals surface area contributed by atoms with Crippen LogP contribution in [0, 0.1) is 0 Å². The maximum atomic E-state index is 11.8. The van der Waals surface area contributed by atoms with E-state index in [0.717, 1.165) is 10.6 Å². The van der Waals surface area contributed by atoms with Crippen molar-refractivity contribution in [3.8, 4) is 0 Å². The molecule has 0 radical (unpaired) electrons. The van der Waals surface area contributed by atoms with Crippen LogP contribution < -0.4 is 11.2 Å². The maximum Gasteiger partial charge on any atom is 0.330 e. The van der Waals surface area contributed by atoms with Gasteiger partial charge in [-0.1, -0.05) is 0 Å². The molecule has 1 fully saturated rings. The van der Waals surface area contributed by atoms with Gasteiger partial charge in [0, 0.05) is 19.4 Å². The summed E-state index contributed by atoms with van der Waals surface area (Å²) < 4.78 is 16.9. The molecule has 0 aliphatic carbocycles. The molecular formula is C12H18N2O7. The standard InChI is InChI=1S/C12H18N2O7/c1-19-4-5-20-10-9(17)7(6-15)21-11(10)14-3-2-8(16)13-12(14)18/h2-3,7,9-11,15,17H,4-6H2,1H3,(H,13,16,18)/t7-,9?,10?,11-/m0/s1. The largest absolute Gasteiger partial charge is 0.394 e. The number of methoxy groups -OCH3 is 1. The van der Waals surface area contributed by atoms with Crippen molar-refractivity contribution < 1.29 is 24.4 Å². The zero-order valence-corrected chi connectivity index (χ0v) is 11.5. The number of H-pyrrole nitrogens is 1. The number of nitrogens with zero attached hydrogens (tertiary/aromatic N) is 1. The summed E-state index contributed by atoms with van der Waals surface area (Å²) in [5, 5.41) is 19.3. The fourth-order valence-corrected chi connectivity index (χ4v) is 2.17. The number of hydrogen-bond donors (Lipinski definition) is 3. The Labute approximate surface area is 119 Å². The fourth-order valence-electron chi connectivity index (χ4n) is 2.17. The van der Waals surface area contributed by atoms with E-state index in [4.69, 9.17) is 14.2 Å². The molecule has 1 aliphatic heterocycles. The number of hydrogen-bond acceptors (Lipinski definition) is 7. The molecule has 1 saturated heterocycles. The number of nitrogens with one attached hydrogen (secondary N) is 1. The molecule has 9 nitrogen and oxygen atoms in total. The van der Waals surface area contributed by atoms with E-state index in [1.54, 1.807) is 0 Å². The van der Waals surface area contributed by atoms with E-state index in [2.05, 4.69) is 4.98 Å². The van der Waals surface area contributed by atoms with Crippen LogP contribution in [0.15, 0.2) is 21.9 Å². The van der Waals surface area contributed by atoms with Crippen LogP contribution in [0.3, 0.4) is 0 Å². The first-order chi connectivity index (χ1) is 10.1. The number of ether oxygens (including phenoxy) is 3. The van der Waals surface area contributed by atoms with Gasteiger partial charge < -0.3 is 24.4 Å². The average molecular weight is 302 g/mol. The topological polar surface area (TPSA) is 123 Å². The summed E-state index contributed by atoms with van der Waals surface area (Å²) in [6.45, 7) is 0.0779. The van der Waals surface area contributed by atoms with E-state index < -0.39 is 42.4 Å². The van der Waals surface area contributed by atoms with Crippen molar-refractivity contribution in [3.05, 3.63) is 33.1 Å². The van der Waals surface area contributed by atoms with Gasteiger partial charge in [0.1, 0.15) is 18.3 Å². The first-order valence-corrected chi connectivity index (χ1v) is 6.45. The first kappa shape index (κ1) is 15.9. The molecule has 2 heterocycles. The molecular weight excluding hydrogens is 284 g/mol. The fraction of sp³-hybridized carbons (Fsp3) is 0.667. The number of aliphatic hydroxyl groups excluding tert-OH is 2. The second-order valence-corrected chi connectivity index (χ2v) is 4.58. The van der Waals surface area contributed by atoms with E-state index in [-0.39, 0.29) is 6.61 Å². The molecule has 0 aromatic carbocycles. The van der Waals surface area contributed by atoms with Crippen molar-refractivity contribution in [2.75, 3.05) is 26.9 Å². The van der Waals surface area contributed by atoms with Crippen LogP contribution in [0.2, 0.25) is 0 Å². The van der Waals surface area contributed by atoms with E-state index >= 15 is 0 Å². The van der Waals surface area contributed by atoms with Crippen LogP contribution in [0.5, 0.6) is 0 Å². The summed E-state index contributed by atoms with van der Waals surface area (Å²) in [5.41, 5.74) is -1.22. The molecule has 0 amide bonds. The molecule has 0 saturated carbocycles. The van der Waals surface area contributed by atoms with Crippen molar-refractivity contribution in [1.82, 2.24) is 9.55 Å². The lowest BCUT2D eigenvalue weighted by Gasteiger charge is -2.22. The van der Waals surface area contributed by atoms with Gasteiger partial charge in [0.25, 0.3) is 5.56 Å². The van der Waals surface area contributed by atoms with Gasteiger partial charge in [-0.15, -0.1) is 0 Å². The molecule has 118 valence electrons. The Bertz CT molecular complexity index is 569. The Balaban J connectivity index is 2.25. The minimum atomic E-state index is -1.10. The number of aliphatic hydroxyl groups is 2. The van der Waals surface area contributed by atoms with Crippen LogP contribution in [0.1, 0.15) is 6.23 Å². The predicted octanol–water partition coefficient (Wildman–Crippen LogP) is -2.18. The predicted molar refractivity (Wildman–Crippen MR) is 69.9 cm³/mol. The highest BCUT2D eigenvalue weighted by atomic mass is 16.6. The van der Waals surface area contributed by atoms with Crippen molar-refractivity contribution in [1.29, 1.82) is 0 Å². The SMILES string of the molecule is COCCOC1C(O)[C@H](CO)O[C@@H]1n1ccc(=O)[nH]c1=O. The summed E-state index contributed by atoms with van der Waals surface area (Å²) in [5.74, 6) is 0. The van der Waals surface area contributed by atoms with Gasteiger partial charge in [-0.3, -0.25) is 14.3 Å². The lowest BCUT2D eigenvalue weighted by atomic mass is 10.1. The zero-order chi connectivity index (χ0) is 15.4. The van der Waals surface area contributed by atoms with E-state index in [1.165, 1.54) is 13.3 Å². The summed E-state index contributed by atoms with van der Waals surface area (Å²) in [6.07, 6.45) is -2.53. The third-order valence-electron chi connectivity index (χ3n) is 3.22. The molecule has 1 aromatic rings. The second kappa shape index (κ2) is 6.96. The summed E-state index contributed by atoms with van der Waals surface area (Å²) in [6, 6.07) is 1.16. The van der Waals surface area contributed by atoms with E-state index in [0.29, 0.717) is 6.61 Å². The van der Waals surface area contributed by atoms with Crippen LogP contribution in [0.4, 0.5) is 0 Å². The lowest BCUT2D eigenvalue weighted by molar-refractivity contribution is -0.0819. The number of rotatable bonds is 6. The number of aromatic nitrogens is 2. The number of aromatic amines is 1. The van der Waals surface area contributed by atoms with Crippen LogP contribution in [0.25, 0.3) is 0 Å². The molecule has 0 spiro atoms.